The Kier molecular flexibility index (Phi) is 3.62. The van der Waals surface area contributed by atoms with Crippen LogP contribution in [0.15, 0.2) is 12.1 Å². The fourth-order valence-electron chi connectivity index (χ4n) is 1.08. The van der Waals surface area contributed by atoms with Gasteiger partial charge < -0.3 is 5.32 Å². The molecule has 1 atom stereocenters. The van der Waals surface area contributed by atoms with Crippen LogP contribution in [0.5, 0.6) is 0 Å². The van der Waals surface area contributed by atoms with Crippen molar-refractivity contribution in [1.82, 2.24) is 0 Å². The number of benzene rings is 1. The molecule has 0 amide bonds. The largest absolute Gasteiger partial charge is 0.369 e. The number of rotatable bonds is 3. The van der Waals surface area contributed by atoms with Crippen LogP contribution in [0.3, 0.4) is 0 Å². The molecule has 0 aliphatic carbocycles. The SMILES string of the molecule is C#CC(CC)Nc1cc(F)c(F)cc1F. The summed E-state index contributed by atoms with van der Waals surface area (Å²) >= 11 is 0. The van der Waals surface area contributed by atoms with Crippen molar-refractivity contribution in [3.8, 4) is 12.3 Å². The summed E-state index contributed by atoms with van der Waals surface area (Å²) in [5.74, 6) is -0.813. The second kappa shape index (κ2) is 4.74. The molecule has 0 radical (unpaired) electrons. The van der Waals surface area contributed by atoms with Crippen molar-refractivity contribution in [2.45, 2.75) is 19.4 Å². The number of halogens is 3. The highest BCUT2D eigenvalue weighted by molar-refractivity contribution is 5.47. The molecule has 4 heteroatoms. The lowest BCUT2D eigenvalue weighted by Gasteiger charge is -2.13. The van der Waals surface area contributed by atoms with E-state index >= 15 is 0 Å². The van der Waals surface area contributed by atoms with E-state index in [1.165, 1.54) is 0 Å². The number of nitrogens with one attached hydrogen (secondary N) is 1. The van der Waals surface area contributed by atoms with Gasteiger partial charge in [0.15, 0.2) is 11.6 Å². The predicted molar refractivity (Wildman–Crippen MR) is 52.9 cm³/mol. The van der Waals surface area contributed by atoms with Crippen LogP contribution in [0.2, 0.25) is 0 Å². The molecule has 0 aromatic heterocycles. The molecule has 1 aromatic rings. The van der Waals surface area contributed by atoms with E-state index in [0.29, 0.717) is 12.5 Å². The Hall–Kier alpha value is -1.63. The molecular formula is C11H10F3N. The minimum Gasteiger partial charge on any atom is -0.369 e. The number of terminal acetylenes is 1. The van der Waals surface area contributed by atoms with Crippen molar-refractivity contribution in [1.29, 1.82) is 0 Å². The third kappa shape index (κ3) is 2.66. The summed E-state index contributed by atoms with van der Waals surface area (Å²) in [6.45, 7) is 1.80. The molecule has 0 spiro atoms. The molecule has 1 rings (SSSR count). The minimum absolute atomic E-state index is 0.126. The normalized spacial score (nSPS) is 11.9. The number of hydrogen-bond donors (Lipinski definition) is 1. The van der Waals surface area contributed by atoms with Crippen molar-refractivity contribution >= 4 is 5.69 Å². The molecule has 0 heterocycles. The van der Waals surface area contributed by atoms with Crippen LogP contribution >= 0.6 is 0 Å². The first-order valence-electron chi connectivity index (χ1n) is 4.45. The van der Waals surface area contributed by atoms with Crippen LogP contribution in [0, 0.1) is 29.8 Å². The zero-order chi connectivity index (χ0) is 11.4. The van der Waals surface area contributed by atoms with Crippen molar-refractivity contribution in [2.24, 2.45) is 0 Å². The Morgan fingerprint density at radius 2 is 1.87 bits per heavy atom. The number of hydrogen-bond acceptors (Lipinski definition) is 1. The van der Waals surface area contributed by atoms with Gasteiger partial charge in [-0.1, -0.05) is 12.8 Å². The summed E-state index contributed by atoms with van der Waals surface area (Å²) in [4.78, 5) is 0. The Labute approximate surface area is 86.3 Å². The van der Waals surface area contributed by atoms with Crippen LogP contribution in [0.1, 0.15) is 13.3 Å². The van der Waals surface area contributed by atoms with E-state index in [2.05, 4.69) is 11.2 Å². The standard InChI is InChI=1S/C11H10F3N/c1-3-7(4-2)15-11-6-9(13)8(12)5-10(11)14/h1,5-7,15H,4H2,2H3. The number of anilines is 1. The van der Waals surface area contributed by atoms with Gasteiger partial charge in [-0.2, -0.15) is 0 Å². The minimum atomic E-state index is -1.22. The molecule has 1 N–H and O–H groups in total. The second-order valence-electron chi connectivity index (χ2n) is 3.02. The van der Waals surface area contributed by atoms with Gasteiger partial charge in [0.25, 0.3) is 0 Å². The lowest BCUT2D eigenvalue weighted by Crippen LogP contribution is -2.17. The first-order chi connectivity index (χ1) is 7.08. The highest BCUT2D eigenvalue weighted by Crippen LogP contribution is 2.19. The fraction of sp³-hybridized carbons (Fsp3) is 0.273. The van der Waals surface area contributed by atoms with E-state index < -0.39 is 23.5 Å². The first-order valence-corrected chi connectivity index (χ1v) is 4.45. The summed E-state index contributed by atoms with van der Waals surface area (Å²) in [5, 5.41) is 2.60. The molecule has 15 heavy (non-hydrogen) atoms. The van der Waals surface area contributed by atoms with Gasteiger partial charge in [0.2, 0.25) is 0 Å². The average Bonchev–Trinajstić information content (AvgIpc) is 2.21. The van der Waals surface area contributed by atoms with Crippen LogP contribution < -0.4 is 5.32 Å². The summed E-state index contributed by atoms with van der Waals surface area (Å²) in [7, 11) is 0. The third-order valence-electron chi connectivity index (χ3n) is 1.95. The first kappa shape index (κ1) is 11.4. The zero-order valence-corrected chi connectivity index (χ0v) is 8.15. The molecule has 0 bridgehead atoms. The average molecular weight is 213 g/mol. The Morgan fingerprint density at radius 1 is 1.27 bits per heavy atom. The maximum atomic E-state index is 13.1. The van der Waals surface area contributed by atoms with Crippen molar-refractivity contribution in [2.75, 3.05) is 5.32 Å². The highest BCUT2D eigenvalue weighted by atomic mass is 19.2. The smallest absolute Gasteiger partial charge is 0.161 e. The summed E-state index contributed by atoms with van der Waals surface area (Å²) < 4.78 is 38.5. The van der Waals surface area contributed by atoms with Gasteiger partial charge in [-0.15, -0.1) is 6.42 Å². The molecule has 1 nitrogen and oxygen atoms in total. The monoisotopic (exact) mass is 213 g/mol. The molecular weight excluding hydrogens is 203 g/mol. The predicted octanol–water partition coefficient (Wildman–Crippen LogP) is 2.93. The van der Waals surface area contributed by atoms with Gasteiger partial charge in [-0.05, 0) is 6.42 Å². The maximum absolute atomic E-state index is 13.1. The van der Waals surface area contributed by atoms with Gasteiger partial charge in [0, 0.05) is 12.1 Å². The van der Waals surface area contributed by atoms with E-state index in [4.69, 9.17) is 6.42 Å². The van der Waals surface area contributed by atoms with E-state index in [9.17, 15) is 13.2 Å². The highest BCUT2D eigenvalue weighted by Gasteiger charge is 2.11. The Bertz CT molecular complexity index is 396. The van der Waals surface area contributed by atoms with Crippen molar-refractivity contribution < 1.29 is 13.2 Å². The van der Waals surface area contributed by atoms with Crippen LogP contribution in [-0.4, -0.2) is 6.04 Å². The molecule has 0 saturated carbocycles. The van der Waals surface area contributed by atoms with Crippen LogP contribution in [-0.2, 0) is 0 Å². The molecule has 0 aliphatic heterocycles. The molecule has 1 unspecified atom stereocenters. The maximum Gasteiger partial charge on any atom is 0.161 e. The van der Waals surface area contributed by atoms with Gasteiger partial charge >= 0.3 is 0 Å². The van der Waals surface area contributed by atoms with E-state index in [-0.39, 0.29) is 5.69 Å². The van der Waals surface area contributed by atoms with Crippen molar-refractivity contribution in [3.05, 3.63) is 29.6 Å². The fourth-order valence-corrected chi connectivity index (χ4v) is 1.08. The summed E-state index contributed by atoms with van der Waals surface area (Å²) in [6, 6.07) is 0.843. The zero-order valence-electron chi connectivity index (χ0n) is 8.15. The van der Waals surface area contributed by atoms with Gasteiger partial charge in [0.05, 0.1) is 11.7 Å². The van der Waals surface area contributed by atoms with Gasteiger partial charge in [-0.3, -0.25) is 0 Å². The summed E-state index contributed by atoms with van der Waals surface area (Å²) in [5.41, 5.74) is -0.126. The Balaban J connectivity index is 2.96. The second-order valence-corrected chi connectivity index (χ2v) is 3.02. The molecule has 1 aromatic carbocycles. The van der Waals surface area contributed by atoms with E-state index in [1.54, 1.807) is 6.92 Å². The lowest BCUT2D eigenvalue weighted by molar-refractivity contribution is 0.495. The third-order valence-corrected chi connectivity index (χ3v) is 1.95. The molecule has 80 valence electrons. The van der Waals surface area contributed by atoms with Gasteiger partial charge in [-0.25, -0.2) is 13.2 Å². The Morgan fingerprint density at radius 3 is 2.40 bits per heavy atom. The summed E-state index contributed by atoms with van der Waals surface area (Å²) in [6.07, 6.45) is 5.71. The lowest BCUT2D eigenvalue weighted by atomic mass is 10.2. The molecule has 0 aliphatic rings. The van der Waals surface area contributed by atoms with Crippen molar-refractivity contribution in [3.63, 3.8) is 0 Å². The van der Waals surface area contributed by atoms with Crippen LogP contribution in [0.25, 0.3) is 0 Å². The van der Waals surface area contributed by atoms with E-state index in [1.807, 2.05) is 0 Å². The van der Waals surface area contributed by atoms with E-state index in [0.717, 1.165) is 6.07 Å². The molecule has 0 saturated heterocycles. The van der Waals surface area contributed by atoms with Gasteiger partial charge in [0.1, 0.15) is 5.82 Å². The quantitative estimate of drug-likeness (QED) is 0.601. The molecule has 0 fully saturated rings. The topological polar surface area (TPSA) is 12.0 Å². The van der Waals surface area contributed by atoms with Crippen LogP contribution in [0.4, 0.5) is 18.9 Å².